The molecule has 0 spiro atoms. The van der Waals surface area contributed by atoms with Crippen LogP contribution in [-0.2, 0) is 0 Å². The predicted octanol–water partition coefficient (Wildman–Crippen LogP) is 0.849. The van der Waals surface area contributed by atoms with Gasteiger partial charge in [-0.1, -0.05) is 0 Å². The summed E-state index contributed by atoms with van der Waals surface area (Å²) in [6, 6.07) is 3.47. The average Bonchev–Trinajstić information content (AvgIpc) is 2.74. The molecule has 2 heterocycles. The lowest BCUT2D eigenvalue weighted by molar-refractivity contribution is 0.236. The number of hydrogen-bond acceptors (Lipinski definition) is 3. The number of likely N-dealkylation sites (tertiary alicyclic amines) is 1. The maximum absolute atomic E-state index is 11.3. The van der Waals surface area contributed by atoms with E-state index < -0.39 is 0 Å². The minimum Gasteiger partial charge on any atom is -0.487 e. The Hall–Kier alpha value is -1.29. The summed E-state index contributed by atoms with van der Waals surface area (Å²) in [7, 11) is 0. The Morgan fingerprint density at radius 1 is 1.40 bits per heavy atom. The third-order valence-electron chi connectivity index (χ3n) is 2.65. The summed E-state index contributed by atoms with van der Waals surface area (Å²) in [4.78, 5) is 16.2. The zero-order chi connectivity index (χ0) is 10.5. The Labute approximate surface area is 88.9 Å². The lowest BCUT2D eigenvalue weighted by Crippen LogP contribution is -2.26. The minimum absolute atomic E-state index is 0.154. The molecule has 0 aromatic carbocycles. The van der Waals surface area contributed by atoms with E-state index in [1.807, 2.05) is 0 Å². The Morgan fingerprint density at radius 2 is 2.20 bits per heavy atom. The number of hydrogen-bond donors (Lipinski definition) is 1. The summed E-state index contributed by atoms with van der Waals surface area (Å²) in [6.07, 6.45) is 4.17. The Morgan fingerprint density at radius 3 is 2.93 bits per heavy atom. The summed E-state index contributed by atoms with van der Waals surface area (Å²) in [5.74, 6) is 0.414. The van der Waals surface area contributed by atoms with Crippen molar-refractivity contribution in [3.63, 3.8) is 0 Å². The number of pyridine rings is 1. The SMILES string of the molecule is O=c1[nH]cccc1OCCN1CCCC1. The maximum Gasteiger partial charge on any atom is 0.290 e. The highest BCUT2D eigenvalue weighted by Crippen LogP contribution is 2.06. The van der Waals surface area contributed by atoms with Crippen LogP contribution in [0.3, 0.4) is 0 Å². The Bertz CT molecular complexity index is 356. The van der Waals surface area contributed by atoms with E-state index in [0.717, 1.165) is 19.6 Å². The van der Waals surface area contributed by atoms with E-state index in [1.165, 1.54) is 12.8 Å². The van der Waals surface area contributed by atoms with Gasteiger partial charge in [-0.05, 0) is 38.1 Å². The number of nitrogens with one attached hydrogen (secondary N) is 1. The van der Waals surface area contributed by atoms with E-state index in [1.54, 1.807) is 18.3 Å². The number of aromatic amines is 1. The molecule has 1 N–H and O–H groups in total. The fraction of sp³-hybridized carbons (Fsp3) is 0.545. The molecule has 1 aromatic heterocycles. The van der Waals surface area contributed by atoms with Gasteiger partial charge >= 0.3 is 0 Å². The van der Waals surface area contributed by atoms with Crippen LogP contribution in [0, 0.1) is 0 Å². The number of H-pyrrole nitrogens is 1. The van der Waals surface area contributed by atoms with Crippen molar-refractivity contribution in [3.8, 4) is 5.75 Å². The van der Waals surface area contributed by atoms with Crippen LogP contribution in [0.2, 0.25) is 0 Å². The van der Waals surface area contributed by atoms with Crippen molar-refractivity contribution < 1.29 is 4.74 Å². The Kier molecular flexibility index (Phi) is 3.40. The van der Waals surface area contributed by atoms with Gasteiger partial charge in [-0.15, -0.1) is 0 Å². The average molecular weight is 208 g/mol. The zero-order valence-corrected chi connectivity index (χ0v) is 8.74. The van der Waals surface area contributed by atoms with Crippen molar-refractivity contribution >= 4 is 0 Å². The van der Waals surface area contributed by atoms with E-state index in [2.05, 4.69) is 9.88 Å². The standard InChI is InChI=1S/C11H16N2O2/c14-11-10(4-3-5-12-11)15-9-8-13-6-1-2-7-13/h3-5H,1-2,6-9H2,(H,12,14). The van der Waals surface area contributed by atoms with Crippen LogP contribution in [0.1, 0.15) is 12.8 Å². The second-order valence-electron chi connectivity index (χ2n) is 3.76. The molecule has 0 bridgehead atoms. The summed E-state index contributed by atoms with van der Waals surface area (Å²) >= 11 is 0. The highest BCUT2D eigenvalue weighted by Gasteiger charge is 2.10. The predicted molar refractivity (Wildman–Crippen MR) is 58.2 cm³/mol. The smallest absolute Gasteiger partial charge is 0.290 e. The van der Waals surface area contributed by atoms with Gasteiger partial charge in [-0.25, -0.2) is 0 Å². The maximum atomic E-state index is 11.3. The molecule has 1 aliphatic rings. The molecule has 1 aromatic rings. The van der Waals surface area contributed by atoms with Crippen LogP contribution < -0.4 is 10.3 Å². The van der Waals surface area contributed by atoms with Crippen molar-refractivity contribution in [2.45, 2.75) is 12.8 Å². The summed E-state index contributed by atoms with van der Waals surface area (Å²) in [5, 5.41) is 0. The van der Waals surface area contributed by atoms with E-state index in [9.17, 15) is 4.79 Å². The van der Waals surface area contributed by atoms with Gasteiger partial charge in [-0.3, -0.25) is 9.69 Å². The normalized spacial score (nSPS) is 16.8. The molecule has 82 valence electrons. The van der Waals surface area contributed by atoms with Crippen molar-refractivity contribution in [3.05, 3.63) is 28.7 Å². The molecule has 1 saturated heterocycles. The molecule has 15 heavy (non-hydrogen) atoms. The largest absolute Gasteiger partial charge is 0.487 e. The summed E-state index contributed by atoms with van der Waals surface area (Å²) in [6.45, 7) is 3.82. The molecule has 1 aliphatic heterocycles. The van der Waals surface area contributed by atoms with Gasteiger partial charge in [-0.2, -0.15) is 0 Å². The summed E-state index contributed by atoms with van der Waals surface area (Å²) in [5.41, 5.74) is -0.154. The molecule has 0 unspecified atom stereocenters. The van der Waals surface area contributed by atoms with E-state index in [0.29, 0.717) is 12.4 Å². The quantitative estimate of drug-likeness (QED) is 0.798. The van der Waals surface area contributed by atoms with Crippen LogP contribution in [-0.4, -0.2) is 36.1 Å². The molecule has 0 saturated carbocycles. The van der Waals surface area contributed by atoms with E-state index >= 15 is 0 Å². The topological polar surface area (TPSA) is 45.3 Å². The monoisotopic (exact) mass is 208 g/mol. The Balaban J connectivity index is 1.78. The number of nitrogens with zero attached hydrogens (tertiary/aromatic N) is 1. The number of aromatic nitrogens is 1. The van der Waals surface area contributed by atoms with Crippen molar-refractivity contribution in [1.29, 1.82) is 0 Å². The van der Waals surface area contributed by atoms with Crippen LogP contribution >= 0.6 is 0 Å². The molecular weight excluding hydrogens is 192 g/mol. The van der Waals surface area contributed by atoms with Crippen LogP contribution in [0.15, 0.2) is 23.1 Å². The molecule has 1 fully saturated rings. The second kappa shape index (κ2) is 4.98. The van der Waals surface area contributed by atoms with Crippen LogP contribution in [0.5, 0.6) is 5.75 Å². The lowest BCUT2D eigenvalue weighted by Gasteiger charge is -2.14. The number of ether oxygens (including phenoxy) is 1. The first kappa shape index (κ1) is 10.2. The van der Waals surface area contributed by atoms with Gasteiger partial charge in [0.25, 0.3) is 5.56 Å². The van der Waals surface area contributed by atoms with Gasteiger partial charge in [0.05, 0.1) is 0 Å². The van der Waals surface area contributed by atoms with Gasteiger partial charge in [0.2, 0.25) is 0 Å². The molecule has 0 amide bonds. The van der Waals surface area contributed by atoms with Crippen molar-refractivity contribution in [2.75, 3.05) is 26.2 Å². The van der Waals surface area contributed by atoms with Gasteiger partial charge in [0.1, 0.15) is 6.61 Å². The fourth-order valence-electron chi connectivity index (χ4n) is 1.81. The molecule has 4 heteroatoms. The molecule has 0 aliphatic carbocycles. The van der Waals surface area contributed by atoms with Crippen molar-refractivity contribution in [2.24, 2.45) is 0 Å². The molecule has 4 nitrogen and oxygen atoms in total. The van der Waals surface area contributed by atoms with E-state index in [-0.39, 0.29) is 5.56 Å². The minimum atomic E-state index is -0.154. The van der Waals surface area contributed by atoms with Crippen LogP contribution in [0.4, 0.5) is 0 Å². The number of rotatable bonds is 4. The van der Waals surface area contributed by atoms with Crippen molar-refractivity contribution in [1.82, 2.24) is 9.88 Å². The molecule has 2 rings (SSSR count). The fourth-order valence-corrected chi connectivity index (χ4v) is 1.81. The zero-order valence-electron chi connectivity index (χ0n) is 8.74. The van der Waals surface area contributed by atoms with Gasteiger partial charge < -0.3 is 9.72 Å². The molecular formula is C11H16N2O2. The molecule has 0 radical (unpaired) electrons. The highest BCUT2D eigenvalue weighted by atomic mass is 16.5. The third kappa shape index (κ3) is 2.83. The first-order chi connectivity index (χ1) is 7.36. The van der Waals surface area contributed by atoms with Crippen LogP contribution in [0.25, 0.3) is 0 Å². The van der Waals surface area contributed by atoms with Gasteiger partial charge in [0, 0.05) is 12.7 Å². The third-order valence-corrected chi connectivity index (χ3v) is 2.65. The lowest BCUT2D eigenvalue weighted by atomic mass is 10.4. The summed E-state index contributed by atoms with van der Waals surface area (Å²) < 4.78 is 5.41. The molecule has 0 atom stereocenters. The first-order valence-electron chi connectivity index (χ1n) is 5.39. The van der Waals surface area contributed by atoms with E-state index in [4.69, 9.17) is 4.74 Å². The first-order valence-corrected chi connectivity index (χ1v) is 5.39. The second-order valence-corrected chi connectivity index (χ2v) is 3.76. The highest BCUT2D eigenvalue weighted by molar-refractivity contribution is 5.15. The van der Waals surface area contributed by atoms with Gasteiger partial charge in [0.15, 0.2) is 5.75 Å².